The highest BCUT2D eigenvalue weighted by atomic mass is 32.1. The molecule has 0 bridgehead atoms. The number of fused-ring (bicyclic) bond motifs is 1. The third kappa shape index (κ3) is 2.83. The summed E-state index contributed by atoms with van der Waals surface area (Å²) in [6, 6.07) is 8.44. The average molecular weight is 381 g/mol. The van der Waals surface area contributed by atoms with Gasteiger partial charge in [-0.15, -0.1) is 11.3 Å². The number of aromatic nitrogens is 3. The molecule has 5 heterocycles. The number of H-pyrrole nitrogens is 1. The summed E-state index contributed by atoms with van der Waals surface area (Å²) in [4.78, 5) is 22.8. The quantitative estimate of drug-likeness (QED) is 0.571. The van der Waals surface area contributed by atoms with Crippen molar-refractivity contribution >= 4 is 21.6 Å². The summed E-state index contributed by atoms with van der Waals surface area (Å²) >= 11 is 1.49. The first kappa shape index (κ1) is 16.5. The first-order chi connectivity index (χ1) is 13.2. The monoisotopic (exact) mass is 381 g/mol. The lowest BCUT2D eigenvalue weighted by Gasteiger charge is -2.21. The third-order valence-corrected chi connectivity index (χ3v) is 6.37. The van der Waals surface area contributed by atoms with Crippen LogP contribution in [0.5, 0.6) is 0 Å². The topological polar surface area (TPSA) is 68.3 Å². The molecule has 0 aliphatic carbocycles. The van der Waals surface area contributed by atoms with Crippen LogP contribution in [0.1, 0.15) is 30.4 Å². The number of thiophene rings is 1. The van der Waals surface area contributed by atoms with Crippen LogP contribution in [0.2, 0.25) is 0 Å². The number of rotatable bonds is 4. The fraction of sp³-hybridized carbons (Fsp3) is 0.300. The molecule has 0 amide bonds. The Labute approximate surface area is 160 Å². The molecule has 1 aliphatic heterocycles. The van der Waals surface area contributed by atoms with E-state index in [1.807, 2.05) is 17.5 Å². The molecule has 2 atom stereocenters. The van der Waals surface area contributed by atoms with Crippen molar-refractivity contribution in [3.8, 4) is 11.3 Å². The normalized spacial score (nSPS) is 19.9. The van der Waals surface area contributed by atoms with Gasteiger partial charge >= 0.3 is 0 Å². The molecule has 4 aromatic heterocycles. The van der Waals surface area contributed by atoms with E-state index in [4.69, 9.17) is 9.40 Å². The zero-order chi connectivity index (χ0) is 18.4. The molecular weight excluding hydrogens is 360 g/mol. The minimum absolute atomic E-state index is 0.0864. The van der Waals surface area contributed by atoms with Gasteiger partial charge in [0.15, 0.2) is 5.82 Å². The molecular formula is C20H21N4O2S+. The number of aryl methyl sites for hydroxylation is 1. The van der Waals surface area contributed by atoms with E-state index >= 15 is 0 Å². The van der Waals surface area contributed by atoms with Gasteiger partial charge in [-0.1, -0.05) is 0 Å². The molecule has 0 aromatic carbocycles. The van der Waals surface area contributed by atoms with Crippen LogP contribution in [-0.2, 0) is 13.6 Å². The van der Waals surface area contributed by atoms with Crippen molar-refractivity contribution in [2.75, 3.05) is 6.54 Å². The summed E-state index contributed by atoms with van der Waals surface area (Å²) in [5, 5.41) is 2.57. The predicted octanol–water partition coefficient (Wildman–Crippen LogP) is 2.50. The molecule has 4 aromatic rings. The fourth-order valence-electron chi connectivity index (χ4n) is 4.22. The highest BCUT2D eigenvalue weighted by Gasteiger charge is 2.32. The molecule has 138 valence electrons. The second kappa shape index (κ2) is 6.51. The van der Waals surface area contributed by atoms with Crippen molar-refractivity contribution < 1.29 is 9.32 Å². The van der Waals surface area contributed by atoms with Crippen molar-refractivity contribution in [1.29, 1.82) is 0 Å². The van der Waals surface area contributed by atoms with Gasteiger partial charge in [0.25, 0.3) is 5.56 Å². The second-order valence-corrected chi connectivity index (χ2v) is 8.00. The van der Waals surface area contributed by atoms with Gasteiger partial charge in [-0.25, -0.2) is 4.98 Å². The van der Waals surface area contributed by atoms with E-state index in [1.165, 1.54) is 34.8 Å². The first-order valence-corrected chi connectivity index (χ1v) is 10.1. The van der Waals surface area contributed by atoms with Gasteiger partial charge in [0.1, 0.15) is 23.2 Å². The first-order valence-electron chi connectivity index (χ1n) is 9.21. The Morgan fingerprint density at radius 3 is 3.11 bits per heavy atom. The van der Waals surface area contributed by atoms with Crippen molar-refractivity contribution in [3.05, 3.63) is 64.0 Å². The minimum atomic E-state index is -0.0864. The zero-order valence-electron chi connectivity index (χ0n) is 15.1. The van der Waals surface area contributed by atoms with Crippen molar-refractivity contribution in [2.24, 2.45) is 7.05 Å². The van der Waals surface area contributed by atoms with Crippen LogP contribution in [0, 0.1) is 0 Å². The lowest BCUT2D eigenvalue weighted by molar-refractivity contribution is -0.933. The molecule has 7 heteroatoms. The van der Waals surface area contributed by atoms with Gasteiger partial charge in [-0.2, -0.15) is 0 Å². The highest BCUT2D eigenvalue weighted by Crippen LogP contribution is 2.30. The van der Waals surface area contributed by atoms with Crippen molar-refractivity contribution in [3.63, 3.8) is 0 Å². The Hall–Kier alpha value is -2.64. The van der Waals surface area contributed by atoms with E-state index in [0.29, 0.717) is 17.2 Å². The molecule has 0 saturated carbocycles. The number of furan rings is 1. The number of quaternary nitrogens is 1. The smallest absolute Gasteiger partial charge is 0.260 e. The minimum Gasteiger partial charge on any atom is -0.464 e. The Balaban J connectivity index is 1.48. The summed E-state index contributed by atoms with van der Waals surface area (Å²) in [7, 11) is 2.10. The van der Waals surface area contributed by atoms with Gasteiger partial charge in [0, 0.05) is 37.0 Å². The standard InChI is InChI=1S/C20H20N4O2S/c1-23-8-2-5-14(23)15-6-3-9-24(15)11-17-21-19(25)18-13(12-27-20(18)22-17)16-7-4-10-26-16/h2,4-5,7-8,10,12,15H,3,6,9,11H2,1H3,(H,21,22,25)/p+1/t15-/m1/s1. The summed E-state index contributed by atoms with van der Waals surface area (Å²) in [6.45, 7) is 1.83. The van der Waals surface area contributed by atoms with Crippen LogP contribution in [0.3, 0.4) is 0 Å². The largest absolute Gasteiger partial charge is 0.464 e. The Kier molecular flexibility index (Phi) is 3.98. The number of hydrogen-bond donors (Lipinski definition) is 2. The van der Waals surface area contributed by atoms with Crippen LogP contribution in [0.15, 0.2) is 51.3 Å². The van der Waals surface area contributed by atoms with Gasteiger partial charge < -0.3 is 18.9 Å². The van der Waals surface area contributed by atoms with Gasteiger partial charge in [0.2, 0.25) is 0 Å². The molecule has 27 heavy (non-hydrogen) atoms. The van der Waals surface area contributed by atoms with E-state index in [9.17, 15) is 4.79 Å². The van der Waals surface area contributed by atoms with E-state index in [-0.39, 0.29) is 5.56 Å². The third-order valence-electron chi connectivity index (χ3n) is 5.50. The van der Waals surface area contributed by atoms with Crippen LogP contribution in [-0.4, -0.2) is 21.1 Å². The number of likely N-dealkylation sites (tertiary alicyclic amines) is 1. The summed E-state index contributed by atoms with van der Waals surface area (Å²) in [5.41, 5.74) is 2.08. The zero-order valence-corrected chi connectivity index (χ0v) is 15.9. The lowest BCUT2D eigenvalue weighted by atomic mass is 10.1. The summed E-state index contributed by atoms with van der Waals surface area (Å²) in [5.74, 6) is 1.46. The number of aromatic amines is 1. The van der Waals surface area contributed by atoms with Crippen molar-refractivity contribution in [1.82, 2.24) is 14.5 Å². The fourth-order valence-corrected chi connectivity index (χ4v) is 5.17. The number of nitrogens with zero attached hydrogens (tertiary/aromatic N) is 2. The Morgan fingerprint density at radius 1 is 1.41 bits per heavy atom. The molecule has 2 N–H and O–H groups in total. The second-order valence-electron chi connectivity index (χ2n) is 7.14. The summed E-state index contributed by atoms with van der Waals surface area (Å²) < 4.78 is 7.66. The average Bonchev–Trinajstić information content (AvgIpc) is 3.41. The van der Waals surface area contributed by atoms with Crippen LogP contribution in [0.4, 0.5) is 0 Å². The molecule has 1 aliphatic rings. The molecule has 0 radical (unpaired) electrons. The Bertz CT molecular complexity index is 1140. The maximum Gasteiger partial charge on any atom is 0.260 e. The number of nitrogens with one attached hydrogen (secondary N) is 2. The predicted molar refractivity (Wildman–Crippen MR) is 105 cm³/mol. The van der Waals surface area contributed by atoms with Crippen molar-refractivity contribution in [2.45, 2.75) is 25.4 Å². The van der Waals surface area contributed by atoms with Crippen LogP contribution in [0.25, 0.3) is 21.5 Å². The molecule has 1 unspecified atom stereocenters. The maximum absolute atomic E-state index is 12.8. The van der Waals surface area contributed by atoms with Gasteiger partial charge in [0.05, 0.1) is 23.9 Å². The molecule has 5 rings (SSSR count). The van der Waals surface area contributed by atoms with E-state index in [2.05, 4.69) is 34.9 Å². The number of hydrogen-bond acceptors (Lipinski definition) is 4. The molecule has 1 saturated heterocycles. The molecule has 1 fully saturated rings. The lowest BCUT2D eigenvalue weighted by Crippen LogP contribution is -3.09. The van der Waals surface area contributed by atoms with Crippen LogP contribution < -0.4 is 10.5 Å². The highest BCUT2D eigenvalue weighted by molar-refractivity contribution is 7.17. The molecule has 0 spiro atoms. The van der Waals surface area contributed by atoms with E-state index in [1.54, 1.807) is 6.26 Å². The Morgan fingerprint density at radius 2 is 2.33 bits per heavy atom. The van der Waals surface area contributed by atoms with Gasteiger partial charge in [-0.05, 0) is 24.3 Å². The van der Waals surface area contributed by atoms with Crippen LogP contribution >= 0.6 is 11.3 Å². The van der Waals surface area contributed by atoms with E-state index in [0.717, 1.165) is 29.3 Å². The maximum atomic E-state index is 12.8. The van der Waals surface area contributed by atoms with Gasteiger partial charge in [-0.3, -0.25) is 4.79 Å². The molecule has 6 nitrogen and oxygen atoms in total. The van der Waals surface area contributed by atoms with E-state index < -0.39 is 0 Å². The summed E-state index contributed by atoms with van der Waals surface area (Å²) in [6.07, 6.45) is 6.08. The SMILES string of the molecule is Cn1cccc1[C@H]1CCC[NH+]1Cc1nc2scc(-c3ccco3)c2c(=O)[nH]1.